The summed E-state index contributed by atoms with van der Waals surface area (Å²) in [6, 6.07) is 8.68. The van der Waals surface area contributed by atoms with Crippen LogP contribution in [-0.4, -0.2) is 18.5 Å². The Morgan fingerprint density at radius 2 is 1.96 bits per heavy atom. The van der Waals surface area contributed by atoms with Gasteiger partial charge in [-0.3, -0.25) is 0 Å². The van der Waals surface area contributed by atoms with Crippen molar-refractivity contribution in [3.05, 3.63) is 53.8 Å². The SMILES string of the molecule is Fc1ccc2c(c1)N(c1cccc(C(F)(F)F)c1)C(CCCl)CO2. The van der Waals surface area contributed by atoms with E-state index >= 15 is 0 Å². The Bertz CT molecular complexity index is 735. The van der Waals surface area contributed by atoms with Crippen LogP contribution in [0.15, 0.2) is 42.5 Å². The Morgan fingerprint density at radius 3 is 2.67 bits per heavy atom. The van der Waals surface area contributed by atoms with E-state index < -0.39 is 17.6 Å². The molecule has 24 heavy (non-hydrogen) atoms. The lowest BCUT2D eigenvalue weighted by Crippen LogP contribution is -2.40. The van der Waals surface area contributed by atoms with E-state index in [1.54, 1.807) is 11.0 Å². The third kappa shape index (κ3) is 3.29. The zero-order chi connectivity index (χ0) is 17.3. The lowest BCUT2D eigenvalue weighted by atomic mass is 10.1. The van der Waals surface area contributed by atoms with Crippen molar-refractivity contribution in [1.82, 2.24) is 0 Å². The Morgan fingerprint density at radius 1 is 1.17 bits per heavy atom. The second-order valence-electron chi connectivity index (χ2n) is 5.47. The van der Waals surface area contributed by atoms with Gasteiger partial charge in [-0.05, 0) is 36.8 Å². The normalized spacial score (nSPS) is 17.4. The molecule has 0 bridgehead atoms. The fourth-order valence-corrected chi connectivity index (χ4v) is 3.03. The summed E-state index contributed by atoms with van der Waals surface area (Å²) in [5.74, 6) is 0.259. The highest BCUT2D eigenvalue weighted by Gasteiger charge is 2.33. The highest BCUT2D eigenvalue weighted by Crippen LogP contribution is 2.42. The van der Waals surface area contributed by atoms with Crippen LogP contribution in [-0.2, 0) is 6.18 Å². The molecule has 1 aliphatic heterocycles. The molecule has 0 spiro atoms. The predicted octanol–water partition coefficient (Wildman–Crippen LogP) is 5.37. The average molecular weight is 360 g/mol. The summed E-state index contributed by atoms with van der Waals surface area (Å²) in [6.07, 6.45) is -3.96. The lowest BCUT2D eigenvalue weighted by molar-refractivity contribution is -0.137. The molecule has 1 unspecified atom stereocenters. The molecule has 0 fully saturated rings. The van der Waals surface area contributed by atoms with Gasteiger partial charge >= 0.3 is 6.18 Å². The average Bonchev–Trinajstić information content (AvgIpc) is 2.54. The number of hydrogen-bond donors (Lipinski definition) is 0. The van der Waals surface area contributed by atoms with Crippen molar-refractivity contribution in [3.63, 3.8) is 0 Å². The van der Waals surface area contributed by atoms with Gasteiger partial charge in [0.05, 0.1) is 17.3 Å². The summed E-state index contributed by atoms with van der Waals surface area (Å²) in [6.45, 7) is 0.265. The van der Waals surface area contributed by atoms with Crippen molar-refractivity contribution in [2.45, 2.75) is 18.6 Å². The number of rotatable bonds is 3. The molecule has 0 aliphatic carbocycles. The van der Waals surface area contributed by atoms with Crippen LogP contribution in [0, 0.1) is 5.82 Å². The van der Waals surface area contributed by atoms with E-state index in [4.69, 9.17) is 16.3 Å². The number of fused-ring (bicyclic) bond motifs is 1. The molecular formula is C17H14ClF4NO. The van der Waals surface area contributed by atoms with Gasteiger partial charge in [0.1, 0.15) is 18.2 Å². The fourth-order valence-electron chi connectivity index (χ4n) is 2.78. The van der Waals surface area contributed by atoms with Gasteiger partial charge in [0.25, 0.3) is 0 Å². The van der Waals surface area contributed by atoms with Crippen LogP contribution in [0.1, 0.15) is 12.0 Å². The van der Waals surface area contributed by atoms with E-state index in [0.717, 1.165) is 12.1 Å². The largest absolute Gasteiger partial charge is 0.489 e. The molecule has 1 aliphatic rings. The summed E-state index contributed by atoms with van der Waals surface area (Å²) in [7, 11) is 0. The van der Waals surface area contributed by atoms with Crippen molar-refractivity contribution < 1.29 is 22.3 Å². The molecule has 0 saturated heterocycles. The van der Waals surface area contributed by atoms with Gasteiger partial charge in [0.15, 0.2) is 0 Å². The van der Waals surface area contributed by atoms with Gasteiger partial charge in [-0.2, -0.15) is 13.2 Å². The van der Waals surface area contributed by atoms with E-state index in [-0.39, 0.29) is 12.6 Å². The number of halogens is 5. The van der Waals surface area contributed by atoms with Gasteiger partial charge < -0.3 is 9.64 Å². The van der Waals surface area contributed by atoms with Crippen LogP contribution in [0.25, 0.3) is 0 Å². The van der Waals surface area contributed by atoms with Crippen molar-refractivity contribution >= 4 is 23.0 Å². The maximum Gasteiger partial charge on any atom is 0.416 e. The zero-order valence-electron chi connectivity index (χ0n) is 12.5. The van der Waals surface area contributed by atoms with Gasteiger partial charge in [-0.1, -0.05) is 6.07 Å². The molecular weight excluding hydrogens is 346 g/mol. The second kappa shape index (κ2) is 6.51. The summed E-state index contributed by atoms with van der Waals surface area (Å²) in [5, 5.41) is 0. The Hall–Kier alpha value is -1.95. The monoisotopic (exact) mass is 359 g/mol. The molecule has 1 heterocycles. The molecule has 7 heteroatoms. The smallest absolute Gasteiger partial charge is 0.416 e. The first kappa shape index (κ1) is 16.9. The summed E-state index contributed by atoms with van der Waals surface area (Å²) in [4.78, 5) is 1.67. The molecule has 128 valence electrons. The first-order valence-electron chi connectivity index (χ1n) is 7.35. The topological polar surface area (TPSA) is 12.5 Å². The van der Waals surface area contributed by atoms with Crippen molar-refractivity contribution in [2.75, 3.05) is 17.4 Å². The fraction of sp³-hybridized carbons (Fsp3) is 0.294. The minimum atomic E-state index is -4.45. The molecule has 2 nitrogen and oxygen atoms in total. The summed E-state index contributed by atoms with van der Waals surface area (Å²) in [5.41, 5.74) is -0.0279. The first-order valence-corrected chi connectivity index (χ1v) is 7.88. The van der Waals surface area contributed by atoms with Crippen LogP contribution >= 0.6 is 11.6 Å². The molecule has 0 N–H and O–H groups in total. The standard InChI is InChI=1S/C17H14ClF4NO/c18-7-6-14-10-24-16-5-4-12(19)9-15(16)23(14)13-3-1-2-11(8-13)17(20,21)22/h1-5,8-9,14H,6-7,10H2. The highest BCUT2D eigenvalue weighted by atomic mass is 35.5. The first-order chi connectivity index (χ1) is 11.4. The minimum Gasteiger partial charge on any atom is -0.489 e. The van der Waals surface area contributed by atoms with Crippen molar-refractivity contribution in [3.8, 4) is 5.75 Å². The van der Waals surface area contributed by atoms with Crippen LogP contribution in [0.2, 0.25) is 0 Å². The van der Waals surface area contributed by atoms with Crippen molar-refractivity contribution in [1.29, 1.82) is 0 Å². The molecule has 0 aromatic heterocycles. The molecule has 0 amide bonds. The van der Waals surface area contributed by atoms with Crippen LogP contribution in [0.5, 0.6) is 5.75 Å². The summed E-state index contributed by atoms with van der Waals surface area (Å²) < 4.78 is 58.3. The predicted molar refractivity (Wildman–Crippen MR) is 84.6 cm³/mol. The number of benzene rings is 2. The van der Waals surface area contributed by atoms with Crippen LogP contribution < -0.4 is 9.64 Å². The van der Waals surface area contributed by atoms with Gasteiger partial charge in [0.2, 0.25) is 0 Å². The molecule has 1 atom stereocenters. The molecule has 2 aromatic rings. The molecule has 0 radical (unpaired) electrons. The van der Waals surface area contributed by atoms with E-state index in [2.05, 4.69) is 0 Å². The number of hydrogen-bond acceptors (Lipinski definition) is 2. The van der Waals surface area contributed by atoms with Gasteiger partial charge in [-0.15, -0.1) is 11.6 Å². The van der Waals surface area contributed by atoms with E-state index in [0.29, 0.717) is 29.4 Å². The van der Waals surface area contributed by atoms with E-state index in [1.807, 2.05) is 0 Å². The Balaban J connectivity index is 2.10. The lowest BCUT2D eigenvalue weighted by Gasteiger charge is -2.38. The highest BCUT2D eigenvalue weighted by molar-refractivity contribution is 6.17. The third-order valence-electron chi connectivity index (χ3n) is 3.87. The maximum absolute atomic E-state index is 13.7. The third-order valence-corrected chi connectivity index (χ3v) is 4.09. The van der Waals surface area contributed by atoms with E-state index in [9.17, 15) is 17.6 Å². The number of alkyl halides is 4. The van der Waals surface area contributed by atoms with Crippen molar-refractivity contribution in [2.24, 2.45) is 0 Å². The Kier molecular flexibility index (Phi) is 4.58. The maximum atomic E-state index is 13.7. The number of nitrogens with zero attached hydrogens (tertiary/aromatic N) is 1. The van der Waals surface area contributed by atoms with Gasteiger partial charge in [-0.25, -0.2) is 4.39 Å². The quantitative estimate of drug-likeness (QED) is 0.539. The minimum absolute atomic E-state index is 0.265. The van der Waals surface area contributed by atoms with Crippen LogP contribution in [0.4, 0.5) is 28.9 Å². The second-order valence-corrected chi connectivity index (χ2v) is 5.85. The van der Waals surface area contributed by atoms with Crippen LogP contribution in [0.3, 0.4) is 0 Å². The summed E-state index contributed by atoms with van der Waals surface area (Å²) >= 11 is 5.81. The molecule has 0 saturated carbocycles. The Labute approximate surface area is 141 Å². The van der Waals surface area contributed by atoms with E-state index in [1.165, 1.54) is 24.3 Å². The number of anilines is 2. The zero-order valence-corrected chi connectivity index (χ0v) is 13.2. The number of ether oxygens (including phenoxy) is 1. The van der Waals surface area contributed by atoms with Gasteiger partial charge in [0, 0.05) is 17.6 Å². The molecule has 3 rings (SSSR count). The molecule has 2 aromatic carbocycles.